The van der Waals surface area contributed by atoms with Gasteiger partial charge in [-0.05, 0) is 36.8 Å². The second-order valence-corrected chi connectivity index (χ2v) is 5.16. The second-order valence-electron chi connectivity index (χ2n) is 5.16. The van der Waals surface area contributed by atoms with Gasteiger partial charge in [0, 0.05) is 0 Å². The second kappa shape index (κ2) is 6.71. The zero-order valence-electron chi connectivity index (χ0n) is 11.5. The Bertz CT molecular complexity index is 405. The lowest BCUT2D eigenvalue weighted by atomic mass is 9.84. The SMILES string of the molecule is CCOC(=O)[C@@H](O)c1ccc(C2CCCCC2)cc1. The van der Waals surface area contributed by atoms with Crippen molar-refractivity contribution in [2.75, 3.05) is 6.61 Å². The molecule has 0 bridgehead atoms. The van der Waals surface area contributed by atoms with Gasteiger partial charge in [0.1, 0.15) is 0 Å². The summed E-state index contributed by atoms with van der Waals surface area (Å²) >= 11 is 0. The highest BCUT2D eigenvalue weighted by molar-refractivity contribution is 5.76. The third-order valence-corrected chi connectivity index (χ3v) is 3.84. The predicted octanol–water partition coefficient (Wildman–Crippen LogP) is 3.33. The van der Waals surface area contributed by atoms with E-state index in [1.807, 2.05) is 24.3 Å². The number of aliphatic hydroxyl groups is 1. The Labute approximate surface area is 114 Å². The van der Waals surface area contributed by atoms with E-state index in [4.69, 9.17) is 4.74 Å². The van der Waals surface area contributed by atoms with Gasteiger partial charge in [0.15, 0.2) is 6.10 Å². The maximum Gasteiger partial charge on any atom is 0.339 e. The van der Waals surface area contributed by atoms with Gasteiger partial charge in [-0.25, -0.2) is 4.79 Å². The molecule has 0 unspecified atom stereocenters. The molecule has 0 aliphatic heterocycles. The summed E-state index contributed by atoms with van der Waals surface area (Å²) in [5.41, 5.74) is 1.93. The van der Waals surface area contributed by atoms with Gasteiger partial charge in [0.05, 0.1) is 6.61 Å². The minimum absolute atomic E-state index is 0.288. The van der Waals surface area contributed by atoms with Gasteiger partial charge in [0.2, 0.25) is 0 Å². The molecular weight excluding hydrogens is 240 g/mol. The lowest BCUT2D eigenvalue weighted by Crippen LogP contribution is -2.15. The van der Waals surface area contributed by atoms with E-state index >= 15 is 0 Å². The molecule has 0 saturated heterocycles. The number of hydrogen-bond acceptors (Lipinski definition) is 3. The number of esters is 1. The van der Waals surface area contributed by atoms with Crippen LogP contribution in [0.15, 0.2) is 24.3 Å². The van der Waals surface area contributed by atoms with Crippen molar-refractivity contribution in [1.29, 1.82) is 0 Å². The first kappa shape index (κ1) is 14.1. The zero-order chi connectivity index (χ0) is 13.7. The Kier molecular flexibility index (Phi) is 4.97. The van der Waals surface area contributed by atoms with Gasteiger partial charge >= 0.3 is 5.97 Å². The van der Waals surface area contributed by atoms with Crippen LogP contribution in [-0.2, 0) is 9.53 Å². The van der Waals surface area contributed by atoms with E-state index in [1.54, 1.807) is 6.92 Å². The number of ether oxygens (including phenoxy) is 1. The topological polar surface area (TPSA) is 46.5 Å². The lowest BCUT2D eigenvalue weighted by molar-refractivity contribution is -0.153. The molecule has 0 aromatic heterocycles. The highest BCUT2D eigenvalue weighted by Gasteiger charge is 2.20. The summed E-state index contributed by atoms with van der Waals surface area (Å²) in [4.78, 5) is 11.5. The molecule has 1 atom stereocenters. The summed E-state index contributed by atoms with van der Waals surface area (Å²) < 4.78 is 4.82. The predicted molar refractivity (Wildman–Crippen MR) is 73.9 cm³/mol. The van der Waals surface area contributed by atoms with Crippen LogP contribution in [0.2, 0.25) is 0 Å². The summed E-state index contributed by atoms with van der Waals surface area (Å²) in [6, 6.07) is 7.75. The summed E-state index contributed by atoms with van der Waals surface area (Å²) in [5, 5.41) is 9.85. The Balaban J connectivity index is 2.03. The molecule has 1 aromatic carbocycles. The number of carbonyl (C=O) groups excluding carboxylic acids is 1. The first-order valence-corrected chi connectivity index (χ1v) is 7.17. The molecule has 1 aliphatic rings. The molecule has 1 aliphatic carbocycles. The summed E-state index contributed by atoms with van der Waals surface area (Å²) in [6.45, 7) is 2.02. The van der Waals surface area contributed by atoms with Crippen LogP contribution in [0.4, 0.5) is 0 Å². The Hall–Kier alpha value is -1.35. The first-order chi connectivity index (χ1) is 9.22. The number of benzene rings is 1. The highest BCUT2D eigenvalue weighted by Crippen LogP contribution is 2.33. The molecular formula is C16H22O3. The Morgan fingerprint density at radius 3 is 2.47 bits per heavy atom. The largest absolute Gasteiger partial charge is 0.464 e. The summed E-state index contributed by atoms with van der Waals surface area (Å²) in [5.74, 6) is 0.0652. The van der Waals surface area contributed by atoms with Crippen molar-refractivity contribution in [3.8, 4) is 0 Å². The molecule has 0 radical (unpaired) electrons. The van der Waals surface area contributed by atoms with Crippen LogP contribution in [0.5, 0.6) is 0 Å². The molecule has 0 spiro atoms. The molecule has 104 valence electrons. The van der Waals surface area contributed by atoms with Crippen LogP contribution in [0, 0.1) is 0 Å². The molecule has 19 heavy (non-hydrogen) atoms. The van der Waals surface area contributed by atoms with Crippen molar-refractivity contribution >= 4 is 5.97 Å². The van der Waals surface area contributed by atoms with Crippen LogP contribution in [0.1, 0.15) is 62.2 Å². The Morgan fingerprint density at radius 1 is 1.26 bits per heavy atom. The average Bonchev–Trinajstić information content (AvgIpc) is 2.48. The van der Waals surface area contributed by atoms with E-state index < -0.39 is 12.1 Å². The fraction of sp³-hybridized carbons (Fsp3) is 0.562. The van der Waals surface area contributed by atoms with Gasteiger partial charge in [-0.15, -0.1) is 0 Å². The molecule has 1 N–H and O–H groups in total. The van der Waals surface area contributed by atoms with Gasteiger partial charge in [-0.3, -0.25) is 0 Å². The van der Waals surface area contributed by atoms with Crippen molar-refractivity contribution in [2.45, 2.75) is 51.0 Å². The quantitative estimate of drug-likeness (QED) is 0.847. The minimum Gasteiger partial charge on any atom is -0.464 e. The maximum atomic E-state index is 11.5. The standard InChI is InChI=1S/C16H22O3/c1-2-19-16(18)15(17)14-10-8-13(9-11-14)12-6-4-3-5-7-12/h8-12,15,17H,2-7H2,1H3/t15-/m0/s1. The zero-order valence-corrected chi connectivity index (χ0v) is 11.5. The van der Waals surface area contributed by atoms with Crippen LogP contribution < -0.4 is 0 Å². The lowest BCUT2D eigenvalue weighted by Gasteiger charge is -2.22. The van der Waals surface area contributed by atoms with Crippen molar-refractivity contribution in [3.63, 3.8) is 0 Å². The van der Waals surface area contributed by atoms with Crippen LogP contribution in [-0.4, -0.2) is 17.7 Å². The van der Waals surface area contributed by atoms with Crippen LogP contribution >= 0.6 is 0 Å². The van der Waals surface area contributed by atoms with Crippen molar-refractivity contribution in [2.24, 2.45) is 0 Å². The van der Waals surface area contributed by atoms with E-state index in [0.29, 0.717) is 11.5 Å². The van der Waals surface area contributed by atoms with E-state index in [1.165, 1.54) is 37.7 Å². The number of rotatable bonds is 4. The molecule has 2 rings (SSSR count). The fourth-order valence-electron chi connectivity index (χ4n) is 2.74. The molecule has 1 fully saturated rings. The van der Waals surface area contributed by atoms with Crippen LogP contribution in [0.3, 0.4) is 0 Å². The first-order valence-electron chi connectivity index (χ1n) is 7.17. The molecule has 3 heteroatoms. The van der Waals surface area contributed by atoms with Crippen molar-refractivity contribution < 1.29 is 14.6 Å². The van der Waals surface area contributed by atoms with Crippen molar-refractivity contribution in [1.82, 2.24) is 0 Å². The number of aliphatic hydroxyl groups excluding tert-OH is 1. The van der Waals surface area contributed by atoms with Crippen molar-refractivity contribution in [3.05, 3.63) is 35.4 Å². The third kappa shape index (κ3) is 3.57. The molecule has 3 nitrogen and oxygen atoms in total. The van der Waals surface area contributed by atoms with E-state index in [2.05, 4.69) is 0 Å². The third-order valence-electron chi connectivity index (χ3n) is 3.84. The van der Waals surface area contributed by atoms with E-state index in [9.17, 15) is 9.90 Å². The Morgan fingerprint density at radius 2 is 1.89 bits per heavy atom. The highest BCUT2D eigenvalue weighted by atomic mass is 16.5. The monoisotopic (exact) mass is 262 g/mol. The van der Waals surface area contributed by atoms with E-state index in [0.717, 1.165) is 0 Å². The van der Waals surface area contributed by atoms with E-state index in [-0.39, 0.29) is 6.61 Å². The summed E-state index contributed by atoms with van der Waals surface area (Å²) in [7, 11) is 0. The smallest absolute Gasteiger partial charge is 0.339 e. The fourth-order valence-corrected chi connectivity index (χ4v) is 2.74. The van der Waals surface area contributed by atoms with Gasteiger partial charge in [-0.2, -0.15) is 0 Å². The van der Waals surface area contributed by atoms with Gasteiger partial charge in [0.25, 0.3) is 0 Å². The number of carbonyl (C=O) groups is 1. The number of hydrogen-bond donors (Lipinski definition) is 1. The minimum atomic E-state index is -1.17. The average molecular weight is 262 g/mol. The van der Waals surface area contributed by atoms with Gasteiger partial charge in [-0.1, -0.05) is 43.5 Å². The normalized spacial score (nSPS) is 18.0. The molecule has 0 heterocycles. The van der Waals surface area contributed by atoms with Crippen LogP contribution in [0.25, 0.3) is 0 Å². The molecule has 1 aromatic rings. The summed E-state index contributed by atoms with van der Waals surface area (Å²) in [6.07, 6.45) is 5.28. The molecule has 1 saturated carbocycles. The molecule has 0 amide bonds. The maximum absolute atomic E-state index is 11.5. The van der Waals surface area contributed by atoms with Gasteiger partial charge < -0.3 is 9.84 Å².